The highest BCUT2D eigenvalue weighted by Gasteiger charge is 2.05. The molecule has 0 radical (unpaired) electrons. The molecule has 0 amide bonds. The van der Waals surface area contributed by atoms with Gasteiger partial charge < -0.3 is 5.11 Å². The first-order valence-corrected chi connectivity index (χ1v) is 5.88. The third-order valence-corrected chi connectivity index (χ3v) is 2.92. The molecule has 1 atom stereocenters. The minimum atomic E-state index is -0.692. The molecule has 0 aliphatic rings. The van der Waals surface area contributed by atoms with Gasteiger partial charge in [0.15, 0.2) is 0 Å². The van der Waals surface area contributed by atoms with Crippen LogP contribution in [-0.2, 0) is 4.79 Å². The molecule has 88 valence electrons. The van der Waals surface area contributed by atoms with Crippen LogP contribution in [0.25, 0.3) is 0 Å². The van der Waals surface area contributed by atoms with Crippen molar-refractivity contribution in [1.29, 1.82) is 0 Å². The van der Waals surface area contributed by atoms with Gasteiger partial charge in [0.25, 0.3) is 0 Å². The summed E-state index contributed by atoms with van der Waals surface area (Å²) >= 11 is 0. The molecule has 2 heteroatoms. The number of benzene rings is 1. The molecule has 2 nitrogen and oxygen atoms in total. The highest BCUT2D eigenvalue weighted by Crippen LogP contribution is 2.21. The number of hydrogen-bond acceptors (Lipinski definition) is 1. The van der Waals surface area contributed by atoms with Crippen LogP contribution in [0.5, 0.6) is 0 Å². The number of unbranched alkanes of at least 4 members (excludes halogenated alkanes) is 1. The van der Waals surface area contributed by atoms with Crippen LogP contribution in [0.2, 0.25) is 0 Å². The molecule has 1 unspecified atom stereocenters. The zero-order valence-electron chi connectivity index (χ0n) is 10.1. The Morgan fingerprint density at radius 2 is 1.88 bits per heavy atom. The maximum Gasteiger partial charge on any atom is 0.303 e. The Kier molecular flexibility index (Phi) is 5.03. The van der Waals surface area contributed by atoms with Crippen molar-refractivity contribution in [1.82, 2.24) is 0 Å². The van der Waals surface area contributed by atoms with Gasteiger partial charge in [-0.2, -0.15) is 0 Å². The van der Waals surface area contributed by atoms with E-state index >= 15 is 0 Å². The summed E-state index contributed by atoms with van der Waals surface area (Å²) in [5.41, 5.74) is 2.63. The summed E-state index contributed by atoms with van der Waals surface area (Å²) in [6.45, 7) is 4.28. The largest absolute Gasteiger partial charge is 0.481 e. The van der Waals surface area contributed by atoms with E-state index in [4.69, 9.17) is 5.11 Å². The SMILES string of the molecule is Cc1ccc(C(C)CCCCC(=O)O)cc1. The van der Waals surface area contributed by atoms with Crippen LogP contribution in [0.4, 0.5) is 0 Å². The van der Waals surface area contributed by atoms with E-state index in [0.717, 1.165) is 19.3 Å². The summed E-state index contributed by atoms with van der Waals surface area (Å²) in [5.74, 6) is -0.169. The van der Waals surface area contributed by atoms with Crippen molar-refractivity contribution in [3.63, 3.8) is 0 Å². The molecule has 1 aromatic rings. The van der Waals surface area contributed by atoms with E-state index in [0.29, 0.717) is 12.3 Å². The first-order chi connectivity index (χ1) is 7.59. The summed E-state index contributed by atoms with van der Waals surface area (Å²) in [7, 11) is 0. The molecule has 1 aromatic carbocycles. The van der Waals surface area contributed by atoms with Crippen LogP contribution >= 0.6 is 0 Å². The normalized spacial score (nSPS) is 12.4. The van der Waals surface area contributed by atoms with E-state index < -0.39 is 5.97 Å². The van der Waals surface area contributed by atoms with Gasteiger partial charge in [-0.15, -0.1) is 0 Å². The van der Waals surface area contributed by atoms with Crippen LogP contribution in [0.1, 0.15) is 49.7 Å². The molecule has 0 aromatic heterocycles. The lowest BCUT2D eigenvalue weighted by atomic mass is 9.94. The van der Waals surface area contributed by atoms with Gasteiger partial charge in [-0.25, -0.2) is 0 Å². The second-order valence-electron chi connectivity index (χ2n) is 4.45. The third kappa shape index (κ3) is 4.47. The van der Waals surface area contributed by atoms with E-state index in [1.165, 1.54) is 11.1 Å². The minimum absolute atomic E-state index is 0.292. The predicted octanol–water partition coefficient (Wildman–Crippen LogP) is 3.74. The fraction of sp³-hybridized carbons (Fsp3) is 0.500. The Morgan fingerprint density at radius 1 is 1.25 bits per heavy atom. The first-order valence-electron chi connectivity index (χ1n) is 5.88. The number of carboxylic acids is 1. The Labute approximate surface area is 97.3 Å². The molecule has 1 rings (SSSR count). The van der Waals surface area contributed by atoms with Crippen LogP contribution < -0.4 is 0 Å². The van der Waals surface area contributed by atoms with Crippen molar-refractivity contribution in [2.75, 3.05) is 0 Å². The summed E-state index contributed by atoms with van der Waals surface area (Å²) in [6.07, 6.45) is 3.13. The zero-order valence-corrected chi connectivity index (χ0v) is 10.1. The fourth-order valence-electron chi connectivity index (χ4n) is 1.79. The van der Waals surface area contributed by atoms with E-state index in [-0.39, 0.29) is 0 Å². The standard InChI is InChI=1S/C14H20O2/c1-11-7-9-13(10-8-11)12(2)5-3-4-6-14(15)16/h7-10,12H,3-6H2,1-2H3,(H,15,16). The second-order valence-corrected chi connectivity index (χ2v) is 4.45. The second kappa shape index (κ2) is 6.31. The van der Waals surface area contributed by atoms with E-state index in [1.807, 2.05) is 0 Å². The van der Waals surface area contributed by atoms with Gasteiger partial charge in [-0.05, 0) is 31.2 Å². The van der Waals surface area contributed by atoms with Crippen molar-refractivity contribution in [3.8, 4) is 0 Å². The van der Waals surface area contributed by atoms with Crippen LogP contribution in [0, 0.1) is 6.92 Å². The Hall–Kier alpha value is -1.31. The van der Waals surface area contributed by atoms with Crippen LogP contribution in [0.3, 0.4) is 0 Å². The zero-order chi connectivity index (χ0) is 12.0. The number of aliphatic carboxylic acids is 1. The topological polar surface area (TPSA) is 37.3 Å². The van der Waals surface area contributed by atoms with Gasteiger partial charge in [-0.3, -0.25) is 4.79 Å². The quantitative estimate of drug-likeness (QED) is 0.741. The van der Waals surface area contributed by atoms with Gasteiger partial charge in [0.2, 0.25) is 0 Å². The number of carbonyl (C=O) groups is 1. The lowest BCUT2D eigenvalue weighted by Gasteiger charge is -2.11. The molecule has 16 heavy (non-hydrogen) atoms. The average Bonchev–Trinajstić information content (AvgIpc) is 2.25. The smallest absolute Gasteiger partial charge is 0.303 e. The van der Waals surface area contributed by atoms with Crippen LogP contribution in [-0.4, -0.2) is 11.1 Å². The summed E-state index contributed by atoms with van der Waals surface area (Å²) < 4.78 is 0. The molecule has 0 heterocycles. The first kappa shape index (κ1) is 12.8. The van der Waals surface area contributed by atoms with Crippen molar-refractivity contribution >= 4 is 5.97 Å². The van der Waals surface area contributed by atoms with Crippen LogP contribution in [0.15, 0.2) is 24.3 Å². The van der Waals surface area contributed by atoms with E-state index in [2.05, 4.69) is 38.1 Å². The Morgan fingerprint density at radius 3 is 2.44 bits per heavy atom. The monoisotopic (exact) mass is 220 g/mol. The van der Waals surface area contributed by atoms with Gasteiger partial charge in [0, 0.05) is 6.42 Å². The average molecular weight is 220 g/mol. The predicted molar refractivity (Wildman–Crippen MR) is 65.7 cm³/mol. The molecule has 1 N–H and O–H groups in total. The molecular formula is C14H20O2. The Bertz CT molecular complexity index is 327. The van der Waals surface area contributed by atoms with Crippen molar-refractivity contribution in [2.45, 2.75) is 45.4 Å². The van der Waals surface area contributed by atoms with Gasteiger partial charge >= 0.3 is 5.97 Å². The van der Waals surface area contributed by atoms with Gasteiger partial charge in [0.1, 0.15) is 0 Å². The number of aryl methyl sites for hydroxylation is 1. The highest BCUT2D eigenvalue weighted by atomic mass is 16.4. The van der Waals surface area contributed by atoms with Crippen molar-refractivity contribution in [2.24, 2.45) is 0 Å². The maximum absolute atomic E-state index is 10.4. The molecular weight excluding hydrogens is 200 g/mol. The van der Waals surface area contributed by atoms with Gasteiger partial charge in [0.05, 0.1) is 0 Å². The Balaban J connectivity index is 2.32. The van der Waals surface area contributed by atoms with Crippen molar-refractivity contribution < 1.29 is 9.90 Å². The number of carboxylic acid groups (broad SMARTS) is 1. The number of rotatable bonds is 6. The molecule has 0 saturated heterocycles. The van der Waals surface area contributed by atoms with E-state index in [1.54, 1.807) is 0 Å². The molecule has 0 saturated carbocycles. The number of hydrogen-bond donors (Lipinski definition) is 1. The molecule has 0 spiro atoms. The lowest BCUT2D eigenvalue weighted by Crippen LogP contribution is -1.97. The van der Waals surface area contributed by atoms with Gasteiger partial charge in [-0.1, -0.05) is 43.2 Å². The fourth-order valence-corrected chi connectivity index (χ4v) is 1.79. The lowest BCUT2D eigenvalue weighted by molar-refractivity contribution is -0.137. The summed E-state index contributed by atoms with van der Waals surface area (Å²) in [5, 5.41) is 8.53. The van der Waals surface area contributed by atoms with Crippen molar-refractivity contribution in [3.05, 3.63) is 35.4 Å². The molecule has 0 aliphatic heterocycles. The summed E-state index contributed by atoms with van der Waals surface area (Å²) in [6, 6.07) is 8.58. The third-order valence-electron chi connectivity index (χ3n) is 2.92. The minimum Gasteiger partial charge on any atom is -0.481 e. The maximum atomic E-state index is 10.4. The molecule has 0 bridgehead atoms. The molecule has 0 fully saturated rings. The molecule has 0 aliphatic carbocycles. The highest BCUT2D eigenvalue weighted by molar-refractivity contribution is 5.66. The summed E-state index contributed by atoms with van der Waals surface area (Å²) in [4.78, 5) is 10.4. The van der Waals surface area contributed by atoms with E-state index in [9.17, 15) is 4.79 Å².